The van der Waals surface area contributed by atoms with E-state index in [9.17, 15) is 9.60 Å². The molecule has 9 aromatic carbocycles. The summed E-state index contributed by atoms with van der Waals surface area (Å²) in [5.74, 6) is 1.07. The fraction of sp³-hybridized carbons (Fsp3) is 0.211. The van der Waals surface area contributed by atoms with Crippen LogP contribution in [-0.2, 0) is 42.7 Å². The van der Waals surface area contributed by atoms with Crippen molar-refractivity contribution in [1.82, 2.24) is 9.55 Å². The first kappa shape index (κ1) is 43.7. The van der Waals surface area contributed by atoms with Crippen LogP contribution in [-0.4, -0.2) is 9.55 Å². The molecule has 0 radical (unpaired) electrons. The minimum atomic E-state index is -0.567. The van der Waals surface area contributed by atoms with Gasteiger partial charge in [-0.25, -0.2) is 4.98 Å². The van der Waals surface area contributed by atoms with Gasteiger partial charge in [0.05, 0.1) is 13.7 Å². The van der Waals surface area contributed by atoms with Crippen molar-refractivity contribution < 1.29 is 39.5 Å². The molecule has 0 unspecified atom stereocenters. The van der Waals surface area contributed by atoms with Crippen LogP contribution in [0.1, 0.15) is 118 Å². The zero-order valence-corrected chi connectivity index (χ0v) is 50.1. The third-order valence-electron chi connectivity index (χ3n) is 16.2. The Bertz CT molecular complexity index is 4750. The molecule has 82 heavy (non-hydrogen) atoms. The SMILES string of the molecule is [2H]c1c(-c2ccccc2)c([2H])c(-c2cc(C(C)(C)C)cc(-c3c([2H])c([2H])c4c(c3[2H])C(C)(C)CCC4(C)C)c2N2[CH-]N(c3[c-]c(Oc4[c-]c5c(cc4)c4c([2H])c([2H])c([2H])c([2H])c4n5-c4cc(C(C)(C)C)ccn4)ccc3)c3ccccc32)c([2H])c1-c1ccccc1.[Pt]. The molecule has 3 heterocycles. The van der Waals surface area contributed by atoms with Gasteiger partial charge >= 0.3 is 0 Å². The second-order valence-electron chi connectivity index (χ2n) is 24.8. The molecule has 0 saturated carbocycles. The molecule has 0 saturated heterocycles. The zero-order chi connectivity index (χ0) is 64.7. The first-order chi connectivity index (χ1) is 43.1. The van der Waals surface area contributed by atoms with Crippen molar-refractivity contribution >= 4 is 44.6 Å². The molecule has 1 aliphatic carbocycles. The first-order valence-corrected chi connectivity index (χ1v) is 27.8. The first-order valence-electron chi connectivity index (χ1n) is 32.8. The minimum absolute atomic E-state index is 0. The van der Waals surface area contributed by atoms with Crippen LogP contribution >= 0.6 is 0 Å². The molecule has 6 heteroatoms. The molecule has 11 aromatic rings. The second-order valence-corrected chi connectivity index (χ2v) is 24.8. The van der Waals surface area contributed by atoms with E-state index < -0.39 is 16.2 Å². The summed E-state index contributed by atoms with van der Waals surface area (Å²) in [5, 5.41) is 0.882. The topological polar surface area (TPSA) is 33.5 Å². The normalized spacial score (nSPS) is 16.3. The quantitative estimate of drug-likeness (QED) is 0.135. The number of rotatable bonds is 9. The Kier molecular flexibility index (Phi) is 11.1. The summed E-state index contributed by atoms with van der Waals surface area (Å²) in [6, 6.07) is 49.8. The molecule has 1 aliphatic heterocycles. The summed E-state index contributed by atoms with van der Waals surface area (Å²) in [5.41, 5.74) is 8.07. The standard InChI is InChI=1S/C76H69N4O.Pt/c1-73(2,3)56-36-39-77-71(46-56)80-67-29-18-17-28-61(67)62-34-33-60(48-70(62)80)81-59-27-21-26-58(47-59)78-49-79(69-31-20-19-30-68(69)78)72-63(52-32-35-65-66(43-52)76(9,10)38-37-75(65,7)8)44-57(74(4,5)6)45-64(72)55-41-53(50-22-13-11-14-23-50)40-54(42-55)51-24-15-12-16-25-51;/h11-36,39-46,49H,37-38H2,1-10H3;/q-3;/i17D,18D,28D,29D,32D,35D,40D,41D,42D,43D;. The number of hydrogen-bond donors (Lipinski definition) is 0. The fourth-order valence-electron chi connectivity index (χ4n) is 11.4. The number of benzene rings is 9. The Balaban J connectivity index is 0.00000816. The van der Waals surface area contributed by atoms with Gasteiger partial charge in [-0.1, -0.05) is 184 Å². The Hall–Kier alpha value is -7.98. The molecular formula is C76H69N4OPt-3. The number of ether oxygens (including phenoxy) is 1. The average molecular weight is 1260 g/mol. The van der Waals surface area contributed by atoms with Gasteiger partial charge in [0.15, 0.2) is 0 Å². The van der Waals surface area contributed by atoms with E-state index in [4.69, 9.17) is 13.8 Å². The largest absolute Gasteiger partial charge is 0.509 e. The van der Waals surface area contributed by atoms with Crippen LogP contribution < -0.4 is 14.5 Å². The maximum absolute atomic E-state index is 10.5. The third kappa shape index (κ3) is 9.95. The van der Waals surface area contributed by atoms with Crippen LogP contribution in [0.5, 0.6) is 11.5 Å². The number of aromatic nitrogens is 2. The van der Waals surface area contributed by atoms with Gasteiger partial charge in [0, 0.05) is 72.5 Å². The van der Waals surface area contributed by atoms with E-state index in [1.54, 1.807) is 29.0 Å². The predicted octanol–water partition coefficient (Wildman–Crippen LogP) is 20.6. The van der Waals surface area contributed by atoms with Crippen LogP contribution in [0.3, 0.4) is 0 Å². The van der Waals surface area contributed by atoms with Crippen LogP contribution in [0.2, 0.25) is 0 Å². The minimum Gasteiger partial charge on any atom is -0.509 e. The molecule has 5 nitrogen and oxygen atoms in total. The third-order valence-corrected chi connectivity index (χ3v) is 16.2. The van der Waals surface area contributed by atoms with E-state index in [0.717, 1.165) is 35.2 Å². The number of hydrogen-bond acceptors (Lipinski definition) is 4. The monoisotopic (exact) mass is 1260 g/mol. The molecule has 0 spiro atoms. The Morgan fingerprint density at radius 2 is 1.13 bits per heavy atom. The van der Waals surface area contributed by atoms with Crippen molar-refractivity contribution in [1.29, 1.82) is 0 Å². The van der Waals surface area contributed by atoms with Crippen molar-refractivity contribution in [2.75, 3.05) is 9.80 Å². The van der Waals surface area contributed by atoms with Gasteiger partial charge in [-0.15, -0.1) is 48.1 Å². The van der Waals surface area contributed by atoms with Crippen LogP contribution in [0.15, 0.2) is 206 Å². The zero-order valence-electron chi connectivity index (χ0n) is 57.9. The summed E-state index contributed by atoms with van der Waals surface area (Å²) >= 11 is 0. The summed E-state index contributed by atoms with van der Waals surface area (Å²) in [6.45, 7) is 23.0. The molecule has 0 fully saturated rings. The van der Waals surface area contributed by atoms with E-state index in [-0.39, 0.29) is 109 Å². The van der Waals surface area contributed by atoms with Gasteiger partial charge in [-0.3, -0.25) is 0 Å². The van der Waals surface area contributed by atoms with Crippen LogP contribution in [0, 0.1) is 18.8 Å². The number of anilines is 4. The average Bonchev–Trinajstić information content (AvgIpc) is 1.10. The summed E-state index contributed by atoms with van der Waals surface area (Å²) in [4.78, 5) is 8.75. The Labute approximate surface area is 513 Å². The van der Waals surface area contributed by atoms with Gasteiger partial charge in [0.1, 0.15) is 5.82 Å². The van der Waals surface area contributed by atoms with Crippen molar-refractivity contribution in [2.45, 2.75) is 104 Å². The fourth-order valence-corrected chi connectivity index (χ4v) is 11.4. The maximum Gasteiger partial charge on any atom is 0.135 e. The van der Waals surface area contributed by atoms with Gasteiger partial charge in [-0.05, 0) is 156 Å². The van der Waals surface area contributed by atoms with Gasteiger partial charge in [0.2, 0.25) is 0 Å². The smallest absolute Gasteiger partial charge is 0.135 e. The van der Waals surface area contributed by atoms with Crippen LogP contribution in [0.4, 0.5) is 22.7 Å². The van der Waals surface area contributed by atoms with Gasteiger partial charge in [0.25, 0.3) is 0 Å². The van der Waals surface area contributed by atoms with Gasteiger partial charge in [-0.2, -0.15) is 12.1 Å². The van der Waals surface area contributed by atoms with Crippen molar-refractivity contribution in [3.63, 3.8) is 0 Å². The van der Waals surface area contributed by atoms with E-state index in [0.29, 0.717) is 83.9 Å². The summed E-state index contributed by atoms with van der Waals surface area (Å²) < 4.78 is 106. The van der Waals surface area contributed by atoms with E-state index >= 15 is 0 Å². The van der Waals surface area contributed by atoms with E-state index in [2.05, 4.69) is 81.4 Å². The predicted molar refractivity (Wildman–Crippen MR) is 339 cm³/mol. The molecule has 2 aliphatic rings. The maximum atomic E-state index is 10.5. The molecule has 2 aromatic heterocycles. The Morgan fingerprint density at radius 3 is 1.80 bits per heavy atom. The summed E-state index contributed by atoms with van der Waals surface area (Å²) in [6.07, 6.45) is 3.26. The second kappa shape index (κ2) is 20.8. The van der Waals surface area contributed by atoms with Crippen molar-refractivity contribution in [2.24, 2.45) is 0 Å². The number of para-hydroxylation sites is 3. The number of pyridine rings is 1. The molecule has 0 N–H and O–H groups in total. The molecule has 0 amide bonds. The van der Waals surface area contributed by atoms with E-state index in [1.807, 2.05) is 138 Å². The van der Waals surface area contributed by atoms with Gasteiger partial charge < -0.3 is 19.1 Å². The number of nitrogens with zero attached hydrogens (tertiary/aromatic N) is 4. The van der Waals surface area contributed by atoms with E-state index in [1.165, 1.54) is 0 Å². The molecular weight excluding hydrogens is 1180 g/mol. The molecule has 0 atom stereocenters. The van der Waals surface area contributed by atoms with Crippen LogP contribution in [0.25, 0.3) is 72.1 Å². The summed E-state index contributed by atoms with van der Waals surface area (Å²) in [7, 11) is 0. The van der Waals surface area contributed by atoms with Crippen molar-refractivity contribution in [3.8, 4) is 61.8 Å². The molecule has 0 bridgehead atoms. The van der Waals surface area contributed by atoms with Crippen molar-refractivity contribution in [3.05, 3.63) is 247 Å². The number of fused-ring (bicyclic) bond motifs is 5. The molecule has 412 valence electrons. The molecule has 13 rings (SSSR count). The Morgan fingerprint density at radius 1 is 0.537 bits per heavy atom.